The second-order valence-corrected chi connectivity index (χ2v) is 7.98. The molecule has 1 atom stereocenters. The van der Waals surface area contributed by atoms with Crippen molar-refractivity contribution in [1.29, 1.82) is 0 Å². The highest BCUT2D eigenvalue weighted by molar-refractivity contribution is 9.10. The molecule has 1 aliphatic heterocycles. The minimum absolute atomic E-state index is 0.0892. The van der Waals surface area contributed by atoms with Crippen molar-refractivity contribution in [1.82, 2.24) is 0 Å². The average Bonchev–Trinajstić information content (AvgIpc) is 2.33. The van der Waals surface area contributed by atoms with E-state index in [1.54, 1.807) is 12.1 Å². The molecule has 6 heteroatoms. The van der Waals surface area contributed by atoms with Crippen LogP contribution in [0.2, 0.25) is 0 Å². The molecule has 1 N–H and O–H groups in total. The molecule has 1 aromatic carbocycles. The highest BCUT2D eigenvalue weighted by Gasteiger charge is 2.35. The average molecular weight is 347 g/mol. The van der Waals surface area contributed by atoms with E-state index in [0.717, 1.165) is 10.0 Å². The fourth-order valence-corrected chi connectivity index (χ4v) is 4.62. The van der Waals surface area contributed by atoms with Crippen LogP contribution < -0.4 is 0 Å². The van der Waals surface area contributed by atoms with Gasteiger partial charge in [0.15, 0.2) is 0 Å². The van der Waals surface area contributed by atoms with E-state index in [0.29, 0.717) is 12.8 Å². The Hall–Kier alpha value is -0.880. The Kier molecular flexibility index (Phi) is 4.30. The third-order valence-electron chi connectivity index (χ3n) is 3.58. The summed E-state index contributed by atoms with van der Waals surface area (Å²) in [6.07, 6.45) is 0.835. The zero-order valence-electron chi connectivity index (χ0n) is 10.3. The molecule has 1 aromatic rings. The van der Waals surface area contributed by atoms with Crippen molar-refractivity contribution < 1.29 is 18.3 Å². The lowest BCUT2D eigenvalue weighted by atomic mass is 9.82. The molecule has 0 aliphatic carbocycles. The molecular formula is C13H15BrO4S. The summed E-state index contributed by atoms with van der Waals surface area (Å²) in [5.74, 6) is -1.49. The van der Waals surface area contributed by atoms with Gasteiger partial charge in [-0.05, 0) is 30.4 Å². The number of halogens is 1. The van der Waals surface area contributed by atoms with Crippen molar-refractivity contribution in [2.45, 2.75) is 18.8 Å². The Morgan fingerprint density at radius 2 is 1.84 bits per heavy atom. The first-order valence-electron chi connectivity index (χ1n) is 6.08. The van der Waals surface area contributed by atoms with Gasteiger partial charge in [-0.15, -0.1) is 0 Å². The van der Waals surface area contributed by atoms with Crippen LogP contribution in [0.5, 0.6) is 0 Å². The monoisotopic (exact) mass is 346 g/mol. The van der Waals surface area contributed by atoms with Gasteiger partial charge in [0.1, 0.15) is 9.84 Å². The van der Waals surface area contributed by atoms with Gasteiger partial charge in [0.2, 0.25) is 0 Å². The molecule has 1 aliphatic rings. The summed E-state index contributed by atoms with van der Waals surface area (Å²) in [5.41, 5.74) is 0.722. The van der Waals surface area contributed by atoms with Gasteiger partial charge in [-0.25, -0.2) is 8.42 Å². The predicted octanol–water partition coefficient (Wildman–Crippen LogP) is 2.44. The number of carboxylic acid groups (broad SMARTS) is 1. The fraction of sp³-hybridized carbons (Fsp3) is 0.462. The largest absolute Gasteiger partial charge is 0.481 e. The van der Waals surface area contributed by atoms with Gasteiger partial charge in [-0.3, -0.25) is 4.79 Å². The molecule has 0 radical (unpaired) electrons. The number of sulfone groups is 1. The normalized spacial score (nSPS) is 20.9. The van der Waals surface area contributed by atoms with Crippen molar-refractivity contribution >= 4 is 31.7 Å². The van der Waals surface area contributed by atoms with Crippen LogP contribution >= 0.6 is 15.9 Å². The third-order valence-corrected chi connectivity index (χ3v) is 6.01. The van der Waals surface area contributed by atoms with Crippen LogP contribution in [0.4, 0.5) is 0 Å². The number of hydrogen-bond acceptors (Lipinski definition) is 3. The summed E-state index contributed by atoms with van der Waals surface area (Å²) in [5, 5.41) is 9.46. The van der Waals surface area contributed by atoms with Crippen molar-refractivity contribution in [2.75, 3.05) is 11.5 Å². The number of hydrogen-bond donors (Lipinski definition) is 1. The molecule has 0 bridgehead atoms. The van der Waals surface area contributed by atoms with Gasteiger partial charge in [-0.2, -0.15) is 0 Å². The van der Waals surface area contributed by atoms with E-state index in [2.05, 4.69) is 15.9 Å². The van der Waals surface area contributed by atoms with Crippen LogP contribution in [-0.2, 0) is 14.6 Å². The Morgan fingerprint density at radius 3 is 2.37 bits per heavy atom. The summed E-state index contributed by atoms with van der Waals surface area (Å²) >= 11 is 3.37. The molecule has 2 rings (SSSR count). The van der Waals surface area contributed by atoms with Crippen molar-refractivity contribution in [3.63, 3.8) is 0 Å². The molecule has 1 unspecified atom stereocenters. The number of rotatable bonds is 3. The molecule has 1 saturated heterocycles. The van der Waals surface area contributed by atoms with Crippen LogP contribution in [0, 0.1) is 5.92 Å². The van der Waals surface area contributed by atoms with E-state index < -0.39 is 21.7 Å². The lowest BCUT2D eigenvalue weighted by molar-refractivity contribution is -0.140. The van der Waals surface area contributed by atoms with E-state index in [1.165, 1.54) is 0 Å². The first-order chi connectivity index (χ1) is 8.91. The molecule has 1 fully saturated rings. The molecule has 0 aromatic heterocycles. The fourth-order valence-electron chi connectivity index (χ4n) is 2.56. The first-order valence-corrected chi connectivity index (χ1v) is 8.70. The quantitative estimate of drug-likeness (QED) is 0.912. The van der Waals surface area contributed by atoms with E-state index >= 15 is 0 Å². The molecule has 0 saturated carbocycles. The Labute approximate surface area is 120 Å². The van der Waals surface area contributed by atoms with Crippen LogP contribution in [0.1, 0.15) is 24.3 Å². The Bertz CT molecular complexity index is 568. The summed E-state index contributed by atoms with van der Waals surface area (Å²) in [7, 11) is -2.97. The summed E-state index contributed by atoms with van der Waals surface area (Å²) < 4.78 is 23.6. The summed E-state index contributed by atoms with van der Waals surface area (Å²) in [4.78, 5) is 11.5. The number of carboxylic acids is 1. The lowest BCUT2D eigenvalue weighted by Crippen LogP contribution is -2.30. The van der Waals surface area contributed by atoms with Crippen molar-refractivity contribution in [3.05, 3.63) is 34.3 Å². The molecule has 0 spiro atoms. The smallest absolute Gasteiger partial charge is 0.311 e. The highest BCUT2D eigenvalue weighted by Crippen LogP contribution is 2.36. The molecule has 1 heterocycles. The predicted molar refractivity (Wildman–Crippen MR) is 75.9 cm³/mol. The number of benzene rings is 1. The molecular weight excluding hydrogens is 332 g/mol. The minimum Gasteiger partial charge on any atom is -0.481 e. The topological polar surface area (TPSA) is 71.4 Å². The SMILES string of the molecule is O=C(O)C(c1ccccc1Br)C1CCS(=O)(=O)CC1. The second-order valence-electron chi connectivity index (χ2n) is 4.83. The van der Waals surface area contributed by atoms with Gasteiger partial charge in [0, 0.05) is 4.47 Å². The molecule has 19 heavy (non-hydrogen) atoms. The van der Waals surface area contributed by atoms with Gasteiger partial charge >= 0.3 is 5.97 Å². The maximum absolute atomic E-state index is 11.5. The van der Waals surface area contributed by atoms with Gasteiger partial charge in [0.05, 0.1) is 17.4 Å². The van der Waals surface area contributed by atoms with E-state index in [1.807, 2.05) is 12.1 Å². The van der Waals surface area contributed by atoms with Gasteiger partial charge in [-0.1, -0.05) is 34.1 Å². The van der Waals surface area contributed by atoms with Gasteiger partial charge in [0.25, 0.3) is 0 Å². The standard InChI is InChI=1S/C13H15BrO4S/c14-11-4-2-1-3-10(11)12(13(15)16)9-5-7-19(17,18)8-6-9/h1-4,9,12H,5-8H2,(H,15,16). The zero-order valence-corrected chi connectivity index (χ0v) is 12.7. The van der Waals surface area contributed by atoms with E-state index in [-0.39, 0.29) is 17.4 Å². The third kappa shape index (κ3) is 3.36. The van der Waals surface area contributed by atoms with Crippen LogP contribution in [0.25, 0.3) is 0 Å². The minimum atomic E-state index is -2.97. The zero-order chi connectivity index (χ0) is 14.0. The van der Waals surface area contributed by atoms with E-state index in [9.17, 15) is 18.3 Å². The van der Waals surface area contributed by atoms with Crippen molar-refractivity contribution in [3.8, 4) is 0 Å². The maximum Gasteiger partial charge on any atom is 0.311 e. The van der Waals surface area contributed by atoms with Crippen LogP contribution in [0.3, 0.4) is 0 Å². The summed E-state index contributed by atoms with van der Waals surface area (Å²) in [6.45, 7) is 0. The van der Waals surface area contributed by atoms with Crippen LogP contribution in [0.15, 0.2) is 28.7 Å². The molecule has 4 nitrogen and oxygen atoms in total. The first kappa shape index (κ1) is 14.5. The Morgan fingerprint density at radius 1 is 1.26 bits per heavy atom. The second kappa shape index (κ2) is 5.63. The molecule has 0 amide bonds. The van der Waals surface area contributed by atoms with E-state index in [4.69, 9.17) is 0 Å². The number of carbonyl (C=O) groups is 1. The van der Waals surface area contributed by atoms with Crippen molar-refractivity contribution in [2.24, 2.45) is 5.92 Å². The van der Waals surface area contributed by atoms with Crippen LogP contribution in [-0.4, -0.2) is 31.0 Å². The molecule has 104 valence electrons. The number of aliphatic carboxylic acids is 1. The Balaban J connectivity index is 2.28. The van der Waals surface area contributed by atoms with Gasteiger partial charge < -0.3 is 5.11 Å². The summed E-state index contributed by atoms with van der Waals surface area (Å²) in [6, 6.07) is 7.23. The highest BCUT2D eigenvalue weighted by atomic mass is 79.9. The lowest BCUT2D eigenvalue weighted by Gasteiger charge is -2.28. The maximum atomic E-state index is 11.5.